The average Bonchev–Trinajstić information content (AvgIpc) is 2.78. The zero-order chi connectivity index (χ0) is 21.9. The summed E-state index contributed by atoms with van der Waals surface area (Å²) in [5, 5.41) is 0. The van der Waals surface area contributed by atoms with Gasteiger partial charge in [0.15, 0.2) is 0 Å². The van der Waals surface area contributed by atoms with Gasteiger partial charge in [-0.05, 0) is 56.8 Å². The van der Waals surface area contributed by atoms with E-state index in [-0.39, 0.29) is 28.4 Å². The number of sulfonamides is 1. The highest BCUT2D eigenvalue weighted by Crippen LogP contribution is 2.27. The van der Waals surface area contributed by atoms with E-state index in [9.17, 15) is 18.0 Å². The first kappa shape index (κ1) is 22.6. The van der Waals surface area contributed by atoms with Gasteiger partial charge >= 0.3 is 0 Å². The summed E-state index contributed by atoms with van der Waals surface area (Å²) in [6.07, 6.45) is 3.37. The van der Waals surface area contributed by atoms with Gasteiger partial charge in [-0.3, -0.25) is 9.59 Å². The Kier molecular flexibility index (Phi) is 7.02. The normalized spacial score (nSPS) is 19.0. The van der Waals surface area contributed by atoms with Gasteiger partial charge in [0.25, 0.3) is 5.91 Å². The lowest BCUT2D eigenvalue weighted by atomic mass is 9.92. The summed E-state index contributed by atoms with van der Waals surface area (Å²) in [4.78, 5) is 29.4. The molecule has 0 radical (unpaired) electrons. The van der Waals surface area contributed by atoms with E-state index in [1.807, 2.05) is 4.90 Å². The first-order chi connectivity index (χ1) is 14.3. The predicted molar refractivity (Wildman–Crippen MR) is 113 cm³/mol. The number of hydrogen-bond acceptors (Lipinski definition) is 5. The summed E-state index contributed by atoms with van der Waals surface area (Å²) in [5.41, 5.74) is 0.291. The van der Waals surface area contributed by atoms with Crippen LogP contribution in [0.15, 0.2) is 23.1 Å². The summed E-state index contributed by atoms with van der Waals surface area (Å²) in [7, 11) is -1.06. The minimum atomic E-state index is -3.76. The van der Waals surface area contributed by atoms with Gasteiger partial charge in [-0.25, -0.2) is 13.1 Å². The highest BCUT2D eigenvalue weighted by Gasteiger charge is 2.32. The van der Waals surface area contributed by atoms with Crippen LogP contribution >= 0.6 is 0 Å². The number of rotatable bonds is 5. The van der Waals surface area contributed by atoms with E-state index < -0.39 is 10.0 Å². The molecule has 0 aliphatic carbocycles. The Balaban J connectivity index is 1.65. The monoisotopic (exact) mass is 437 g/mol. The summed E-state index contributed by atoms with van der Waals surface area (Å²) in [6, 6.07) is 4.41. The fourth-order valence-corrected chi connectivity index (χ4v) is 5.05. The van der Waals surface area contributed by atoms with Crippen LogP contribution in [-0.4, -0.2) is 70.4 Å². The summed E-state index contributed by atoms with van der Waals surface area (Å²) >= 11 is 0. The van der Waals surface area contributed by atoms with Crippen molar-refractivity contribution in [3.05, 3.63) is 23.8 Å². The van der Waals surface area contributed by atoms with Crippen molar-refractivity contribution in [2.45, 2.75) is 37.5 Å². The Labute approximate surface area is 178 Å². The number of carbonyl (C=O) groups is 2. The molecule has 1 aromatic carbocycles. The molecule has 9 heteroatoms. The number of amides is 2. The van der Waals surface area contributed by atoms with E-state index in [0.717, 1.165) is 25.9 Å². The molecular weight excluding hydrogens is 406 g/mol. The highest BCUT2D eigenvalue weighted by molar-refractivity contribution is 7.89. The molecule has 0 bridgehead atoms. The van der Waals surface area contributed by atoms with Gasteiger partial charge in [-0.1, -0.05) is 6.92 Å². The van der Waals surface area contributed by atoms with Crippen molar-refractivity contribution in [3.8, 4) is 5.75 Å². The molecule has 3 rings (SSSR count). The van der Waals surface area contributed by atoms with Crippen molar-refractivity contribution in [2.24, 2.45) is 11.8 Å². The maximum absolute atomic E-state index is 13.0. The number of piperidine rings is 2. The zero-order valence-electron chi connectivity index (χ0n) is 17.9. The molecule has 166 valence electrons. The molecule has 8 nitrogen and oxygen atoms in total. The average molecular weight is 438 g/mol. The van der Waals surface area contributed by atoms with Crippen LogP contribution in [0.2, 0.25) is 0 Å². The quantitative estimate of drug-likeness (QED) is 0.757. The first-order valence-electron chi connectivity index (χ1n) is 10.5. The Bertz CT molecular complexity index is 886. The molecule has 0 unspecified atom stereocenters. The maximum atomic E-state index is 13.0. The van der Waals surface area contributed by atoms with E-state index >= 15 is 0 Å². The van der Waals surface area contributed by atoms with Gasteiger partial charge in [0.2, 0.25) is 15.9 Å². The lowest BCUT2D eigenvalue weighted by Gasteiger charge is -2.36. The van der Waals surface area contributed by atoms with Gasteiger partial charge in [-0.15, -0.1) is 0 Å². The molecule has 2 heterocycles. The number of benzene rings is 1. The molecule has 0 saturated carbocycles. The standard InChI is InChI=1S/C21H31N3O5S/c1-15-6-10-23(11-7-15)20(25)16-8-12-24(13-9-16)21(26)17-4-5-18(29-3)19(14-17)30(27,28)22-2/h4-5,14-16,22H,6-13H2,1-3H3. The predicted octanol–water partition coefficient (Wildman–Crippen LogP) is 1.71. The molecule has 0 spiro atoms. The van der Waals surface area contributed by atoms with Gasteiger partial charge < -0.3 is 14.5 Å². The third-order valence-electron chi connectivity index (χ3n) is 6.20. The zero-order valence-corrected chi connectivity index (χ0v) is 18.7. The van der Waals surface area contributed by atoms with Crippen molar-refractivity contribution in [1.82, 2.24) is 14.5 Å². The number of likely N-dealkylation sites (tertiary alicyclic amines) is 2. The van der Waals surface area contributed by atoms with Gasteiger partial charge in [0, 0.05) is 37.7 Å². The fraction of sp³-hybridized carbons (Fsp3) is 0.619. The number of ether oxygens (including phenoxy) is 1. The van der Waals surface area contributed by atoms with Gasteiger partial charge in [0.1, 0.15) is 10.6 Å². The molecule has 2 saturated heterocycles. The molecule has 0 aromatic heterocycles. The van der Waals surface area contributed by atoms with Crippen molar-refractivity contribution in [2.75, 3.05) is 40.3 Å². The number of carbonyl (C=O) groups excluding carboxylic acids is 2. The van der Waals surface area contributed by atoms with Crippen LogP contribution in [0.1, 0.15) is 43.0 Å². The van der Waals surface area contributed by atoms with Crippen molar-refractivity contribution in [1.29, 1.82) is 0 Å². The summed E-state index contributed by atoms with van der Waals surface area (Å²) in [6.45, 7) is 4.85. The SMILES string of the molecule is CNS(=O)(=O)c1cc(C(=O)N2CCC(C(=O)N3CCC(C)CC3)CC2)ccc1OC. The van der Waals surface area contributed by atoms with E-state index in [4.69, 9.17) is 4.74 Å². The second-order valence-electron chi connectivity index (χ2n) is 8.15. The molecule has 0 atom stereocenters. The van der Waals surface area contributed by atoms with E-state index in [1.54, 1.807) is 11.0 Å². The number of hydrogen-bond donors (Lipinski definition) is 1. The van der Waals surface area contributed by atoms with Gasteiger partial charge in [0.05, 0.1) is 7.11 Å². The van der Waals surface area contributed by atoms with Crippen molar-refractivity contribution in [3.63, 3.8) is 0 Å². The van der Waals surface area contributed by atoms with E-state index in [1.165, 1.54) is 26.3 Å². The molecule has 1 aromatic rings. The third kappa shape index (κ3) is 4.78. The highest BCUT2D eigenvalue weighted by atomic mass is 32.2. The second kappa shape index (κ2) is 9.34. The number of nitrogens with zero attached hydrogens (tertiary/aromatic N) is 2. The van der Waals surface area contributed by atoms with Crippen LogP contribution in [0.3, 0.4) is 0 Å². The Morgan fingerprint density at radius 2 is 1.63 bits per heavy atom. The molecule has 2 amide bonds. The van der Waals surface area contributed by atoms with Crippen molar-refractivity contribution < 1.29 is 22.7 Å². The molecule has 30 heavy (non-hydrogen) atoms. The maximum Gasteiger partial charge on any atom is 0.253 e. The lowest BCUT2D eigenvalue weighted by molar-refractivity contribution is -0.138. The third-order valence-corrected chi connectivity index (χ3v) is 7.63. The van der Waals surface area contributed by atoms with E-state index in [0.29, 0.717) is 37.4 Å². The Hall–Kier alpha value is -2.13. The van der Waals surface area contributed by atoms with Gasteiger partial charge in [-0.2, -0.15) is 0 Å². The first-order valence-corrected chi connectivity index (χ1v) is 11.9. The number of nitrogens with one attached hydrogen (secondary N) is 1. The second-order valence-corrected chi connectivity index (χ2v) is 10.0. The molecule has 1 N–H and O–H groups in total. The lowest BCUT2D eigenvalue weighted by Crippen LogP contribution is -2.46. The van der Waals surface area contributed by atoms with Crippen LogP contribution < -0.4 is 9.46 Å². The van der Waals surface area contributed by atoms with E-state index in [2.05, 4.69) is 11.6 Å². The fourth-order valence-electron chi connectivity index (χ4n) is 4.13. The largest absolute Gasteiger partial charge is 0.495 e. The molecule has 2 fully saturated rings. The number of methoxy groups -OCH3 is 1. The topological polar surface area (TPSA) is 96.0 Å². The summed E-state index contributed by atoms with van der Waals surface area (Å²) in [5.74, 6) is 0.790. The van der Waals surface area contributed by atoms with Crippen LogP contribution in [0.5, 0.6) is 5.75 Å². The Morgan fingerprint density at radius 3 is 2.20 bits per heavy atom. The van der Waals surface area contributed by atoms with Crippen LogP contribution in [0, 0.1) is 11.8 Å². The minimum Gasteiger partial charge on any atom is -0.495 e. The smallest absolute Gasteiger partial charge is 0.253 e. The Morgan fingerprint density at radius 1 is 1.03 bits per heavy atom. The van der Waals surface area contributed by atoms with Crippen LogP contribution in [-0.2, 0) is 14.8 Å². The summed E-state index contributed by atoms with van der Waals surface area (Å²) < 4.78 is 31.9. The molecular formula is C21H31N3O5S. The van der Waals surface area contributed by atoms with Crippen LogP contribution in [0.4, 0.5) is 0 Å². The minimum absolute atomic E-state index is 0.0430. The molecule has 2 aliphatic heterocycles. The van der Waals surface area contributed by atoms with Crippen LogP contribution in [0.25, 0.3) is 0 Å². The van der Waals surface area contributed by atoms with Crippen molar-refractivity contribution >= 4 is 21.8 Å². The molecule has 2 aliphatic rings.